The third kappa shape index (κ3) is 9.52. The number of hydrogen-bond donors (Lipinski definition) is 2. The first-order valence-electron chi connectivity index (χ1n) is 13.8. The molecule has 7 nitrogen and oxygen atoms in total. The summed E-state index contributed by atoms with van der Waals surface area (Å²) in [6, 6.07) is 6.06. The van der Waals surface area contributed by atoms with Gasteiger partial charge in [0.15, 0.2) is 0 Å². The maximum atomic E-state index is 14.1. The number of ether oxygens (including phenoxy) is 1. The first-order chi connectivity index (χ1) is 17.5. The molecule has 0 saturated heterocycles. The van der Waals surface area contributed by atoms with Crippen LogP contribution in [0.1, 0.15) is 104 Å². The van der Waals surface area contributed by atoms with Gasteiger partial charge in [0.1, 0.15) is 17.7 Å². The highest BCUT2D eigenvalue weighted by Gasteiger charge is 2.38. The van der Waals surface area contributed by atoms with Crippen LogP contribution in [0.3, 0.4) is 0 Å². The highest BCUT2D eigenvalue weighted by Crippen LogP contribution is 2.27. The molecule has 0 spiro atoms. The lowest BCUT2D eigenvalue weighted by molar-refractivity contribution is -0.143. The van der Waals surface area contributed by atoms with Crippen LogP contribution in [0.2, 0.25) is 0 Å². The summed E-state index contributed by atoms with van der Waals surface area (Å²) >= 11 is 0. The third-order valence-corrected chi connectivity index (χ3v) is 6.61. The number of nitrogens with one attached hydrogen (secondary N) is 2. The van der Waals surface area contributed by atoms with Gasteiger partial charge in [0, 0.05) is 12.6 Å². The second-order valence-electron chi connectivity index (χ2n) is 11.4. The van der Waals surface area contributed by atoms with Crippen molar-refractivity contribution in [1.82, 2.24) is 15.5 Å². The fraction of sp³-hybridized carbons (Fsp3) is 0.633. The lowest BCUT2D eigenvalue weighted by Gasteiger charge is -2.36. The number of rotatable bonds is 11. The summed E-state index contributed by atoms with van der Waals surface area (Å²) in [6.45, 7) is 15.4. The molecule has 1 aliphatic carbocycles. The number of carbonyl (C=O) groups excluding carboxylic acids is 3. The summed E-state index contributed by atoms with van der Waals surface area (Å²) in [5, 5.41) is 6.01. The number of benzene rings is 1. The van der Waals surface area contributed by atoms with Crippen LogP contribution in [0.25, 0.3) is 6.08 Å². The van der Waals surface area contributed by atoms with E-state index in [1.165, 1.54) is 6.42 Å². The Labute approximate surface area is 223 Å². The van der Waals surface area contributed by atoms with E-state index >= 15 is 0 Å². The van der Waals surface area contributed by atoms with E-state index in [0.717, 1.165) is 49.7 Å². The number of unbranched alkanes of at least 4 members (excludes halogenated alkanes) is 1. The molecule has 2 rings (SSSR count). The van der Waals surface area contributed by atoms with Crippen LogP contribution < -0.4 is 10.6 Å². The Hall–Kier alpha value is -2.83. The topological polar surface area (TPSA) is 87.7 Å². The van der Waals surface area contributed by atoms with Crippen molar-refractivity contribution in [2.45, 2.75) is 110 Å². The maximum Gasteiger partial charge on any atom is 0.408 e. The molecule has 0 radical (unpaired) electrons. The van der Waals surface area contributed by atoms with Gasteiger partial charge in [-0.05, 0) is 63.1 Å². The van der Waals surface area contributed by atoms with Crippen LogP contribution in [0.4, 0.5) is 4.79 Å². The molecule has 0 aromatic heterocycles. The Morgan fingerprint density at radius 2 is 1.84 bits per heavy atom. The van der Waals surface area contributed by atoms with Crippen molar-refractivity contribution in [2.24, 2.45) is 5.92 Å². The summed E-state index contributed by atoms with van der Waals surface area (Å²) in [7, 11) is 0. The minimum Gasteiger partial charge on any atom is -0.444 e. The van der Waals surface area contributed by atoms with Gasteiger partial charge >= 0.3 is 6.09 Å². The molecule has 0 heterocycles. The first kappa shape index (κ1) is 30.4. The van der Waals surface area contributed by atoms with Crippen LogP contribution in [0.5, 0.6) is 0 Å². The molecule has 206 valence electrons. The van der Waals surface area contributed by atoms with E-state index in [1.807, 2.05) is 38.1 Å². The third-order valence-electron chi connectivity index (χ3n) is 6.61. The Balaban J connectivity index is 2.47. The van der Waals surface area contributed by atoms with Gasteiger partial charge in [-0.3, -0.25) is 9.59 Å². The van der Waals surface area contributed by atoms with Crippen molar-refractivity contribution in [3.05, 3.63) is 42.0 Å². The Morgan fingerprint density at radius 3 is 2.41 bits per heavy atom. The number of amides is 3. The van der Waals surface area contributed by atoms with E-state index in [9.17, 15) is 14.4 Å². The fourth-order valence-electron chi connectivity index (χ4n) is 4.68. The first-order valence-corrected chi connectivity index (χ1v) is 13.8. The highest BCUT2D eigenvalue weighted by atomic mass is 16.6. The summed E-state index contributed by atoms with van der Waals surface area (Å²) in [6.07, 6.45) is 7.95. The van der Waals surface area contributed by atoms with Crippen molar-refractivity contribution in [2.75, 3.05) is 6.54 Å². The van der Waals surface area contributed by atoms with Gasteiger partial charge in [0.05, 0.1) is 0 Å². The average molecular weight is 514 g/mol. The molecule has 2 unspecified atom stereocenters. The predicted octanol–water partition coefficient (Wildman–Crippen LogP) is 6.00. The second kappa shape index (κ2) is 14.2. The van der Waals surface area contributed by atoms with Gasteiger partial charge in [-0.2, -0.15) is 0 Å². The molecular formula is C30H47N3O4. The molecule has 0 aliphatic heterocycles. The Bertz CT molecular complexity index is 916. The smallest absolute Gasteiger partial charge is 0.408 e. The molecule has 1 aromatic carbocycles. The lowest BCUT2D eigenvalue weighted by Crippen LogP contribution is -2.55. The number of alkyl carbamates (subject to hydrolysis) is 1. The zero-order valence-corrected chi connectivity index (χ0v) is 23.6. The molecular weight excluding hydrogens is 466 g/mol. The molecule has 3 amide bonds. The maximum absolute atomic E-state index is 14.1. The van der Waals surface area contributed by atoms with Crippen LogP contribution in [0, 0.1) is 5.92 Å². The number of nitrogens with zero attached hydrogens (tertiary/aromatic N) is 1. The average Bonchev–Trinajstić information content (AvgIpc) is 2.84. The molecule has 7 heteroatoms. The van der Waals surface area contributed by atoms with Crippen molar-refractivity contribution in [3.8, 4) is 0 Å². The Kier molecular flexibility index (Phi) is 11.7. The standard InChI is InChI=1S/C30H47N3O4/c1-8-10-19-33(28(35)25(21(3)4)32-29(36)37-30(5,6)7)26(23-16-14-15-22(9-2)20-23)27(34)31-24-17-12-11-13-18-24/h9,14-16,20-21,24-26H,2,8,10-13,17-19H2,1,3-7H3,(H,31,34)(H,32,36). The van der Waals surface area contributed by atoms with E-state index in [-0.39, 0.29) is 23.8 Å². The van der Waals surface area contributed by atoms with Gasteiger partial charge in [0.2, 0.25) is 11.8 Å². The monoisotopic (exact) mass is 513 g/mol. The predicted molar refractivity (Wildman–Crippen MR) is 149 cm³/mol. The van der Waals surface area contributed by atoms with Crippen molar-refractivity contribution < 1.29 is 19.1 Å². The zero-order chi connectivity index (χ0) is 27.6. The minimum atomic E-state index is -0.834. The number of hydrogen-bond acceptors (Lipinski definition) is 4. The van der Waals surface area contributed by atoms with Gasteiger partial charge in [-0.25, -0.2) is 4.79 Å². The molecule has 1 aromatic rings. The SMILES string of the molecule is C=Cc1cccc(C(C(=O)NC2CCCCC2)N(CCCC)C(=O)C(NC(=O)OC(C)(C)C)C(C)C)c1. The molecule has 1 saturated carbocycles. The van der Waals surface area contributed by atoms with Gasteiger partial charge < -0.3 is 20.3 Å². The molecule has 37 heavy (non-hydrogen) atoms. The van der Waals surface area contributed by atoms with Crippen molar-refractivity contribution >= 4 is 24.0 Å². The van der Waals surface area contributed by atoms with Crippen molar-refractivity contribution in [3.63, 3.8) is 0 Å². The van der Waals surface area contributed by atoms with Crippen molar-refractivity contribution in [1.29, 1.82) is 0 Å². The summed E-state index contributed by atoms with van der Waals surface area (Å²) in [5.41, 5.74) is 0.919. The second-order valence-corrected chi connectivity index (χ2v) is 11.4. The summed E-state index contributed by atoms with van der Waals surface area (Å²) < 4.78 is 5.44. The van der Waals surface area contributed by atoms with Crippen LogP contribution in [-0.4, -0.2) is 47.0 Å². The summed E-state index contributed by atoms with van der Waals surface area (Å²) in [5.74, 6) is -0.676. The molecule has 1 fully saturated rings. The lowest BCUT2D eigenvalue weighted by atomic mass is 9.94. The molecule has 2 N–H and O–H groups in total. The largest absolute Gasteiger partial charge is 0.444 e. The zero-order valence-electron chi connectivity index (χ0n) is 23.6. The van der Waals surface area contributed by atoms with Gasteiger partial charge in [0.25, 0.3) is 0 Å². The van der Waals surface area contributed by atoms with E-state index in [0.29, 0.717) is 6.54 Å². The van der Waals surface area contributed by atoms with Crippen LogP contribution in [0.15, 0.2) is 30.8 Å². The molecule has 0 bridgehead atoms. The molecule has 2 atom stereocenters. The quantitative estimate of drug-likeness (QED) is 0.380. The van der Waals surface area contributed by atoms with Crippen LogP contribution >= 0.6 is 0 Å². The van der Waals surface area contributed by atoms with E-state index in [1.54, 1.807) is 31.7 Å². The summed E-state index contributed by atoms with van der Waals surface area (Å²) in [4.78, 5) is 42.3. The molecule has 1 aliphatic rings. The van der Waals surface area contributed by atoms with Gasteiger partial charge in [-0.15, -0.1) is 0 Å². The van der Waals surface area contributed by atoms with Gasteiger partial charge in [-0.1, -0.05) is 77.3 Å². The number of carbonyl (C=O) groups is 3. The van der Waals surface area contributed by atoms with E-state index in [2.05, 4.69) is 24.1 Å². The minimum absolute atomic E-state index is 0.107. The fourth-order valence-corrected chi connectivity index (χ4v) is 4.68. The highest BCUT2D eigenvalue weighted by molar-refractivity contribution is 5.92. The van der Waals surface area contributed by atoms with E-state index < -0.39 is 23.8 Å². The van der Waals surface area contributed by atoms with Crippen LogP contribution in [-0.2, 0) is 14.3 Å². The van der Waals surface area contributed by atoms with E-state index in [4.69, 9.17) is 4.74 Å². The Morgan fingerprint density at radius 1 is 1.16 bits per heavy atom. The normalized spacial score (nSPS) is 16.0.